The molecule has 0 saturated carbocycles. The Hall–Kier alpha value is -4.82. The minimum absolute atomic E-state index is 0.175. The van der Waals surface area contributed by atoms with Gasteiger partial charge in [-0.2, -0.15) is 5.10 Å². The number of aromatic nitrogens is 4. The summed E-state index contributed by atoms with van der Waals surface area (Å²) in [4.78, 5) is 32.7. The van der Waals surface area contributed by atoms with Gasteiger partial charge in [-0.15, -0.1) is 0 Å². The number of nitrogens with two attached hydrogens (primary N) is 1. The van der Waals surface area contributed by atoms with Crippen LogP contribution in [0.25, 0.3) is 5.69 Å². The van der Waals surface area contributed by atoms with Crippen LogP contribution < -0.4 is 21.1 Å². The lowest BCUT2D eigenvalue weighted by atomic mass is 9.92. The van der Waals surface area contributed by atoms with Gasteiger partial charge in [-0.3, -0.25) is 10.1 Å². The zero-order chi connectivity index (χ0) is 30.7. The fourth-order valence-electron chi connectivity index (χ4n) is 3.81. The van der Waals surface area contributed by atoms with Gasteiger partial charge in [-0.1, -0.05) is 20.8 Å². The number of methoxy groups -OCH3 is 1. The molecule has 13 nitrogen and oxygen atoms in total. The number of benzene rings is 2. The van der Waals surface area contributed by atoms with Gasteiger partial charge < -0.3 is 20.5 Å². The second-order valence-corrected chi connectivity index (χ2v) is 12.4. The minimum atomic E-state index is -3.36. The minimum Gasteiger partial charge on any atom is -0.439 e. The summed E-state index contributed by atoms with van der Waals surface area (Å²) in [6, 6.07) is 15.5. The van der Waals surface area contributed by atoms with Gasteiger partial charge in [0.15, 0.2) is 15.9 Å². The second kappa shape index (κ2) is 12.0. The summed E-state index contributed by atoms with van der Waals surface area (Å²) in [5.41, 5.74) is 7.07. The molecule has 0 aliphatic carbocycles. The molecular weight excluding hydrogens is 562 g/mol. The molecule has 0 bridgehead atoms. The number of nitrogens with one attached hydrogen (secondary N) is 2. The van der Waals surface area contributed by atoms with Crippen LogP contribution in [0.15, 0.2) is 71.9 Å². The molecule has 0 spiro atoms. The van der Waals surface area contributed by atoms with Crippen molar-refractivity contribution in [3.8, 4) is 17.3 Å². The maximum atomic E-state index is 12.9. The number of amides is 3. The molecule has 0 radical (unpaired) electrons. The number of rotatable bonds is 9. The summed E-state index contributed by atoms with van der Waals surface area (Å²) in [6.07, 6.45) is 1.33. The van der Waals surface area contributed by atoms with Crippen molar-refractivity contribution < 1.29 is 27.5 Å². The van der Waals surface area contributed by atoms with Crippen molar-refractivity contribution in [2.24, 2.45) is 5.73 Å². The molecule has 220 valence electrons. The molecule has 0 aliphatic rings. The van der Waals surface area contributed by atoms with Crippen LogP contribution in [0.3, 0.4) is 0 Å². The van der Waals surface area contributed by atoms with Gasteiger partial charge in [0.25, 0.3) is 5.91 Å². The number of carbonyl (C=O) groups excluding carboxylic acids is 2. The maximum Gasteiger partial charge on any atom is 0.324 e. The number of nitrogens with zero attached hydrogens (tertiary/aromatic N) is 4. The Morgan fingerprint density at radius 1 is 0.976 bits per heavy atom. The van der Waals surface area contributed by atoms with E-state index in [0.29, 0.717) is 22.9 Å². The van der Waals surface area contributed by atoms with E-state index in [2.05, 4.69) is 25.7 Å². The molecule has 4 N–H and O–H groups in total. The van der Waals surface area contributed by atoms with Crippen molar-refractivity contribution in [3.63, 3.8) is 0 Å². The summed E-state index contributed by atoms with van der Waals surface area (Å²) >= 11 is 0. The fourth-order valence-corrected chi connectivity index (χ4v) is 4.44. The Labute approximate surface area is 243 Å². The Balaban J connectivity index is 1.48. The molecular formula is C28H31N7O6S. The lowest BCUT2D eigenvalue weighted by Crippen LogP contribution is -2.23. The first-order valence-corrected chi connectivity index (χ1v) is 14.5. The van der Waals surface area contributed by atoms with Crippen molar-refractivity contribution >= 4 is 33.3 Å². The van der Waals surface area contributed by atoms with Crippen molar-refractivity contribution in [3.05, 3.63) is 78.4 Å². The van der Waals surface area contributed by atoms with E-state index in [1.54, 1.807) is 47.1 Å². The first-order valence-electron chi connectivity index (χ1n) is 12.7. The van der Waals surface area contributed by atoms with Crippen LogP contribution in [-0.4, -0.2) is 53.5 Å². The van der Waals surface area contributed by atoms with E-state index in [-0.39, 0.29) is 21.9 Å². The molecule has 3 amide bonds. The molecule has 0 fully saturated rings. The van der Waals surface area contributed by atoms with Gasteiger partial charge in [0.05, 0.1) is 22.0 Å². The molecule has 1 atom stereocenters. The van der Waals surface area contributed by atoms with E-state index in [9.17, 15) is 18.0 Å². The van der Waals surface area contributed by atoms with Gasteiger partial charge in [0, 0.05) is 36.6 Å². The van der Waals surface area contributed by atoms with E-state index in [1.807, 2.05) is 20.8 Å². The molecule has 14 heteroatoms. The molecule has 4 rings (SSSR count). The van der Waals surface area contributed by atoms with Crippen molar-refractivity contribution in [2.45, 2.75) is 37.2 Å². The van der Waals surface area contributed by atoms with E-state index < -0.39 is 27.9 Å². The third kappa shape index (κ3) is 7.27. The summed E-state index contributed by atoms with van der Waals surface area (Å²) < 4.78 is 36.1. The predicted octanol–water partition coefficient (Wildman–Crippen LogP) is 3.97. The van der Waals surface area contributed by atoms with Crippen molar-refractivity contribution in [1.29, 1.82) is 0 Å². The van der Waals surface area contributed by atoms with E-state index in [0.717, 1.165) is 11.9 Å². The molecule has 0 aliphatic heterocycles. The van der Waals surface area contributed by atoms with Crippen LogP contribution in [0.4, 0.5) is 16.3 Å². The third-order valence-electron chi connectivity index (χ3n) is 5.99. The topological polar surface area (TPSA) is 180 Å². The van der Waals surface area contributed by atoms with Gasteiger partial charge in [0.2, 0.25) is 5.88 Å². The van der Waals surface area contributed by atoms with Gasteiger partial charge in [-0.05, 0) is 48.5 Å². The number of sulfone groups is 1. The smallest absolute Gasteiger partial charge is 0.324 e. The summed E-state index contributed by atoms with van der Waals surface area (Å²) in [6.45, 7) is 5.99. The highest BCUT2D eigenvalue weighted by Gasteiger charge is 2.22. The normalized spacial score (nSPS) is 12.4. The Morgan fingerprint density at radius 3 is 2.21 bits per heavy atom. The first kappa shape index (κ1) is 30.1. The quantitative estimate of drug-likeness (QED) is 0.259. The van der Waals surface area contributed by atoms with Crippen LogP contribution in [0.2, 0.25) is 0 Å². The number of carbonyl (C=O) groups is 2. The van der Waals surface area contributed by atoms with Crippen LogP contribution >= 0.6 is 0 Å². The fraction of sp³-hybridized carbons (Fsp3) is 0.250. The van der Waals surface area contributed by atoms with E-state index in [1.165, 1.54) is 31.6 Å². The number of primary amides is 1. The van der Waals surface area contributed by atoms with E-state index in [4.69, 9.17) is 15.2 Å². The predicted molar refractivity (Wildman–Crippen MR) is 156 cm³/mol. The van der Waals surface area contributed by atoms with Crippen molar-refractivity contribution in [2.75, 3.05) is 24.0 Å². The zero-order valence-corrected chi connectivity index (χ0v) is 24.5. The zero-order valence-electron chi connectivity index (χ0n) is 23.7. The average molecular weight is 594 g/mol. The van der Waals surface area contributed by atoms with Crippen LogP contribution in [-0.2, 0) is 24.8 Å². The van der Waals surface area contributed by atoms with E-state index >= 15 is 0 Å². The highest BCUT2D eigenvalue weighted by Crippen LogP contribution is 2.28. The number of hydrogen-bond donors (Lipinski definition) is 3. The second-order valence-electron chi connectivity index (χ2n) is 10.3. The largest absolute Gasteiger partial charge is 0.439 e. The summed E-state index contributed by atoms with van der Waals surface area (Å²) in [5, 5.41) is 10.2. The highest BCUT2D eigenvalue weighted by atomic mass is 32.2. The van der Waals surface area contributed by atoms with Crippen molar-refractivity contribution in [1.82, 2.24) is 19.7 Å². The molecule has 2 aromatic carbocycles. The SMILES string of the molecule is COC(C(N)=O)c1cc(Oc2ccc(NC(=O)Nc3cc(C(C)(C)C)nn3-c3ccc(S(C)(=O)=O)cc3)cc2)ncn1. The number of ether oxygens (including phenoxy) is 2. The molecule has 2 aromatic heterocycles. The number of urea groups is 1. The van der Waals surface area contributed by atoms with Crippen LogP contribution in [0.1, 0.15) is 38.3 Å². The molecule has 0 saturated heterocycles. The highest BCUT2D eigenvalue weighted by molar-refractivity contribution is 7.90. The average Bonchev–Trinajstić information content (AvgIpc) is 3.34. The lowest BCUT2D eigenvalue weighted by Gasteiger charge is -2.14. The Kier molecular flexibility index (Phi) is 8.59. The number of anilines is 2. The third-order valence-corrected chi connectivity index (χ3v) is 7.12. The first-order chi connectivity index (χ1) is 19.7. The van der Waals surface area contributed by atoms with Gasteiger partial charge in [-0.25, -0.2) is 27.9 Å². The van der Waals surface area contributed by atoms with Crippen LogP contribution in [0, 0.1) is 0 Å². The molecule has 1 unspecified atom stereocenters. The number of hydrogen-bond acceptors (Lipinski definition) is 9. The summed E-state index contributed by atoms with van der Waals surface area (Å²) in [5.74, 6) is 0.297. The van der Waals surface area contributed by atoms with Gasteiger partial charge in [0.1, 0.15) is 17.9 Å². The Bertz CT molecular complexity index is 1700. The van der Waals surface area contributed by atoms with Gasteiger partial charge >= 0.3 is 6.03 Å². The maximum absolute atomic E-state index is 12.9. The van der Waals surface area contributed by atoms with Crippen LogP contribution in [0.5, 0.6) is 11.6 Å². The summed E-state index contributed by atoms with van der Waals surface area (Å²) in [7, 11) is -2.02. The standard InChI is InChI=1S/C28H31N7O6S/c1-28(2,3)22-15-23(35(34-22)18-8-12-20(13-9-18)42(5,38)39)33-27(37)32-17-6-10-19(11-7-17)41-24-14-21(30-16-31-24)25(40-4)26(29)36/h6-16,25H,1-5H3,(H2,29,36)(H2,32,33,37). The molecule has 2 heterocycles. The Morgan fingerprint density at radius 2 is 1.64 bits per heavy atom. The molecule has 42 heavy (non-hydrogen) atoms. The monoisotopic (exact) mass is 593 g/mol. The lowest BCUT2D eigenvalue weighted by molar-refractivity contribution is -0.128. The molecule has 4 aromatic rings.